The minimum atomic E-state index is -0.00845. The third-order valence-electron chi connectivity index (χ3n) is 3.39. The zero-order chi connectivity index (χ0) is 15.5. The second-order valence-electron chi connectivity index (χ2n) is 4.93. The number of anilines is 1. The van der Waals surface area contributed by atoms with E-state index in [1.165, 1.54) is 6.92 Å². The van der Waals surface area contributed by atoms with Gasteiger partial charge in [0.1, 0.15) is 11.5 Å². The first-order valence-corrected chi connectivity index (χ1v) is 6.99. The van der Waals surface area contributed by atoms with Gasteiger partial charge in [0.2, 0.25) is 0 Å². The first kappa shape index (κ1) is 14.2. The van der Waals surface area contributed by atoms with Gasteiger partial charge < -0.3 is 15.4 Å². The first-order chi connectivity index (χ1) is 10.7. The molecule has 3 aromatic rings. The number of carbonyl (C=O) groups excluding carboxylic acids is 1. The van der Waals surface area contributed by atoms with Crippen molar-refractivity contribution in [3.63, 3.8) is 0 Å². The number of aliphatic hydroxyl groups is 1. The molecule has 0 aliphatic heterocycles. The fourth-order valence-corrected chi connectivity index (χ4v) is 2.29. The predicted molar refractivity (Wildman–Crippen MR) is 84.9 cm³/mol. The molecule has 0 spiro atoms. The molecule has 3 rings (SSSR count). The Balaban J connectivity index is 2.07. The van der Waals surface area contributed by atoms with Crippen LogP contribution in [-0.4, -0.2) is 39.0 Å². The first-order valence-electron chi connectivity index (χ1n) is 6.99. The number of rotatable bonds is 5. The van der Waals surface area contributed by atoms with Crippen LogP contribution < -0.4 is 5.32 Å². The Morgan fingerprint density at radius 1 is 1.36 bits per heavy atom. The third-order valence-corrected chi connectivity index (χ3v) is 3.39. The standard InChI is InChI=1S/C16H16N4O2/c1-10(22)11-2-3-14(19-9-11)13-8-15(17-6-7-21)20-16-12(13)4-5-18-16/h2-5,8-9,21H,6-7H2,1H3,(H2,17,18,20). The van der Waals surface area contributed by atoms with Crippen LogP contribution in [0, 0.1) is 0 Å². The van der Waals surface area contributed by atoms with Crippen LogP contribution in [0.25, 0.3) is 22.3 Å². The topological polar surface area (TPSA) is 90.9 Å². The summed E-state index contributed by atoms with van der Waals surface area (Å²) < 4.78 is 0. The summed E-state index contributed by atoms with van der Waals surface area (Å²) in [5, 5.41) is 12.9. The van der Waals surface area contributed by atoms with Crippen molar-refractivity contribution in [3.05, 3.63) is 42.2 Å². The molecule has 112 valence electrons. The highest BCUT2D eigenvalue weighted by Gasteiger charge is 2.10. The molecule has 0 aliphatic carbocycles. The van der Waals surface area contributed by atoms with Crippen molar-refractivity contribution in [3.8, 4) is 11.3 Å². The number of carbonyl (C=O) groups is 1. The fourth-order valence-electron chi connectivity index (χ4n) is 2.29. The average Bonchev–Trinajstić information content (AvgIpc) is 3.00. The van der Waals surface area contributed by atoms with Crippen molar-refractivity contribution in [1.82, 2.24) is 15.0 Å². The molecule has 0 bridgehead atoms. The SMILES string of the molecule is CC(=O)c1ccc(-c2cc(NCCO)nc3[nH]ccc23)nc1. The van der Waals surface area contributed by atoms with Crippen molar-refractivity contribution >= 4 is 22.6 Å². The van der Waals surface area contributed by atoms with E-state index >= 15 is 0 Å². The van der Waals surface area contributed by atoms with Crippen LogP contribution in [0.4, 0.5) is 5.82 Å². The molecule has 3 aromatic heterocycles. The lowest BCUT2D eigenvalue weighted by Gasteiger charge is -2.08. The quantitative estimate of drug-likeness (QED) is 0.628. The highest BCUT2D eigenvalue weighted by atomic mass is 16.3. The average molecular weight is 296 g/mol. The Morgan fingerprint density at radius 3 is 2.91 bits per heavy atom. The molecule has 0 atom stereocenters. The smallest absolute Gasteiger partial charge is 0.161 e. The van der Waals surface area contributed by atoms with Gasteiger partial charge in [0.15, 0.2) is 5.78 Å². The Morgan fingerprint density at radius 2 is 2.23 bits per heavy atom. The summed E-state index contributed by atoms with van der Waals surface area (Å²) in [4.78, 5) is 23.3. The maximum Gasteiger partial charge on any atom is 0.161 e. The van der Waals surface area contributed by atoms with E-state index in [0.29, 0.717) is 17.9 Å². The summed E-state index contributed by atoms with van der Waals surface area (Å²) in [5.41, 5.74) is 3.02. The lowest BCUT2D eigenvalue weighted by molar-refractivity contribution is 0.101. The van der Waals surface area contributed by atoms with Crippen LogP contribution in [0.5, 0.6) is 0 Å². The largest absolute Gasteiger partial charge is 0.395 e. The minimum Gasteiger partial charge on any atom is -0.395 e. The summed E-state index contributed by atoms with van der Waals surface area (Å²) >= 11 is 0. The van der Waals surface area contributed by atoms with E-state index in [0.717, 1.165) is 22.3 Å². The second-order valence-corrected chi connectivity index (χ2v) is 4.93. The zero-order valence-electron chi connectivity index (χ0n) is 12.1. The fraction of sp³-hybridized carbons (Fsp3) is 0.188. The molecular weight excluding hydrogens is 280 g/mol. The molecule has 6 nitrogen and oxygen atoms in total. The zero-order valence-corrected chi connectivity index (χ0v) is 12.1. The summed E-state index contributed by atoms with van der Waals surface area (Å²) in [7, 11) is 0. The molecule has 3 N–H and O–H groups in total. The van der Waals surface area contributed by atoms with Gasteiger partial charge in [0, 0.05) is 35.5 Å². The van der Waals surface area contributed by atoms with Gasteiger partial charge >= 0.3 is 0 Å². The number of nitrogens with zero attached hydrogens (tertiary/aromatic N) is 2. The molecule has 0 radical (unpaired) electrons. The van der Waals surface area contributed by atoms with E-state index in [1.54, 1.807) is 12.3 Å². The normalized spacial score (nSPS) is 10.8. The van der Waals surface area contributed by atoms with Gasteiger partial charge in [-0.05, 0) is 31.2 Å². The molecule has 6 heteroatoms. The number of H-pyrrole nitrogens is 1. The van der Waals surface area contributed by atoms with Gasteiger partial charge in [-0.2, -0.15) is 0 Å². The summed E-state index contributed by atoms with van der Waals surface area (Å²) in [6.45, 7) is 1.98. The number of aliphatic hydroxyl groups excluding tert-OH is 1. The molecule has 0 fully saturated rings. The Hall–Kier alpha value is -2.73. The molecule has 0 saturated carbocycles. The summed E-state index contributed by atoms with van der Waals surface area (Å²) in [6, 6.07) is 7.42. The molecule has 22 heavy (non-hydrogen) atoms. The van der Waals surface area contributed by atoms with Crippen LogP contribution in [0.2, 0.25) is 0 Å². The molecule has 0 aromatic carbocycles. The van der Waals surface area contributed by atoms with Crippen molar-refractivity contribution in [2.75, 3.05) is 18.5 Å². The van der Waals surface area contributed by atoms with Crippen LogP contribution in [0.3, 0.4) is 0 Å². The van der Waals surface area contributed by atoms with Gasteiger partial charge in [-0.15, -0.1) is 0 Å². The number of aromatic nitrogens is 3. The van der Waals surface area contributed by atoms with Gasteiger partial charge in [0.25, 0.3) is 0 Å². The number of fused-ring (bicyclic) bond motifs is 1. The lowest BCUT2D eigenvalue weighted by Crippen LogP contribution is -2.07. The van der Waals surface area contributed by atoms with E-state index in [1.807, 2.05) is 24.4 Å². The number of hydrogen-bond acceptors (Lipinski definition) is 5. The number of Topliss-reactive ketones (excluding diaryl/α,β-unsaturated/α-hetero) is 1. The van der Waals surface area contributed by atoms with Gasteiger partial charge in [-0.25, -0.2) is 4.98 Å². The molecule has 0 aliphatic rings. The number of ketones is 1. The van der Waals surface area contributed by atoms with E-state index in [9.17, 15) is 4.79 Å². The third kappa shape index (κ3) is 2.68. The maximum atomic E-state index is 11.3. The summed E-state index contributed by atoms with van der Waals surface area (Å²) in [6.07, 6.45) is 3.40. The molecule has 0 saturated heterocycles. The second kappa shape index (κ2) is 5.95. The van der Waals surface area contributed by atoms with Crippen LogP contribution in [-0.2, 0) is 0 Å². The van der Waals surface area contributed by atoms with E-state index in [4.69, 9.17) is 5.11 Å². The highest BCUT2D eigenvalue weighted by molar-refractivity contribution is 5.96. The number of nitrogens with one attached hydrogen (secondary N) is 2. The van der Waals surface area contributed by atoms with Gasteiger partial charge in [0.05, 0.1) is 12.3 Å². The Labute approximate surface area is 127 Å². The number of pyridine rings is 2. The number of aromatic amines is 1. The van der Waals surface area contributed by atoms with Crippen molar-refractivity contribution in [1.29, 1.82) is 0 Å². The van der Waals surface area contributed by atoms with Gasteiger partial charge in [-0.3, -0.25) is 9.78 Å². The maximum absolute atomic E-state index is 11.3. The van der Waals surface area contributed by atoms with Crippen LogP contribution in [0.15, 0.2) is 36.7 Å². The highest BCUT2D eigenvalue weighted by Crippen LogP contribution is 2.28. The van der Waals surface area contributed by atoms with E-state index in [-0.39, 0.29) is 12.4 Å². The van der Waals surface area contributed by atoms with Crippen molar-refractivity contribution in [2.24, 2.45) is 0 Å². The monoisotopic (exact) mass is 296 g/mol. The van der Waals surface area contributed by atoms with E-state index < -0.39 is 0 Å². The molecule has 0 amide bonds. The molecule has 0 unspecified atom stereocenters. The Bertz CT molecular complexity index is 809. The predicted octanol–water partition coefficient (Wildman–Crippen LogP) is 2.23. The lowest BCUT2D eigenvalue weighted by atomic mass is 10.1. The van der Waals surface area contributed by atoms with Crippen molar-refractivity contribution < 1.29 is 9.90 Å². The van der Waals surface area contributed by atoms with Crippen LogP contribution in [0.1, 0.15) is 17.3 Å². The van der Waals surface area contributed by atoms with Crippen molar-refractivity contribution in [2.45, 2.75) is 6.92 Å². The number of hydrogen-bond donors (Lipinski definition) is 3. The van der Waals surface area contributed by atoms with Crippen LogP contribution >= 0.6 is 0 Å². The van der Waals surface area contributed by atoms with E-state index in [2.05, 4.69) is 20.3 Å². The molecule has 3 heterocycles. The summed E-state index contributed by atoms with van der Waals surface area (Å²) in [5.74, 6) is 0.655. The Kier molecular flexibility index (Phi) is 3.84. The molecular formula is C16H16N4O2. The van der Waals surface area contributed by atoms with Gasteiger partial charge in [-0.1, -0.05) is 0 Å². The minimum absolute atomic E-state index is 0.00845.